The van der Waals surface area contributed by atoms with Crippen LogP contribution in [0, 0.1) is 0 Å². The molecule has 1 saturated heterocycles. The number of carboxylic acid groups (broad SMARTS) is 1. The highest BCUT2D eigenvalue weighted by atomic mass is 16.5. The number of amides is 1. The summed E-state index contributed by atoms with van der Waals surface area (Å²) in [5.41, 5.74) is -2.07. The smallest absolute Gasteiger partial charge is 0.329 e. The highest BCUT2D eigenvalue weighted by Crippen LogP contribution is 2.30. The van der Waals surface area contributed by atoms with E-state index >= 15 is 0 Å². The van der Waals surface area contributed by atoms with Gasteiger partial charge < -0.3 is 14.7 Å². The number of carbonyl (C=O) groups excluding carboxylic acids is 1. The van der Waals surface area contributed by atoms with Gasteiger partial charge in [0.25, 0.3) is 5.91 Å². The second-order valence-electron chi connectivity index (χ2n) is 5.10. The van der Waals surface area contributed by atoms with Gasteiger partial charge in [-0.3, -0.25) is 4.79 Å². The number of aliphatic carboxylic acids is 1. The van der Waals surface area contributed by atoms with Crippen molar-refractivity contribution in [3.05, 3.63) is 0 Å². The predicted octanol–water partition coefficient (Wildman–Crippen LogP) is 1.27. The third-order valence-electron chi connectivity index (χ3n) is 3.43. The number of likely N-dealkylation sites (N-methyl/N-ethyl adjacent to an activating group) is 1. The highest BCUT2D eigenvalue weighted by molar-refractivity contribution is 5.91. The number of nitrogens with zero attached hydrogens (tertiary/aromatic N) is 1. The van der Waals surface area contributed by atoms with E-state index in [-0.39, 0.29) is 5.91 Å². The van der Waals surface area contributed by atoms with Gasteiger partial charge in [0.15, 0.2) is 0 Å². The van der Waals surface area contributed by atoms with E-state index < -0.39 is 17.1 Å². The summed E-state index contributed by atoms with van der Waals surface area (Å²) in [5.74, 6) is -1.24. The van der Waals surface area contributed by atoms with Crippen LogP contribution in [0.4, 0.5) is 0 Å². The fourth-order valence-electron chi connectivity index (χ4n) is 2.14. The standard InChI is InChI=1S/C12H21NO4/c1-5-13(11(2,3)10(15)16)9(14)12(4)7-6-8-17-12/h5-8H2,1-4H3,(H,15,16). The van der Waals surface area contributed by atoms with Gasteiger partial charge in [-0.15, -0.1) is 0 Å². The van der Waals surface area contributed by atoms with Gasteiger partial charge >= 0.3 is 5.97 Å². The number of carbonyl (C=O) groups is 2. The lowest BCUT2D eigenvalue weighted by Crippen LogP contribution is -2.58. The fourth-order valence-corrected chi connectivity index (χ4v) is 2.14. The van der Waals surface area contributed by atoms with Gasteiger partial charge in [-0.1, -0.05) is 0 Å². The van der Waals surface area contributed by atoms with Crippen LogP contribution >= 0.6 is 0 Å². The molecule has 0 spiro atoms. The second-order valence-corrected chi connectivity index (χ2v) is 5.10. The molecular formula is C12H21NO4. The van der Waals surface area contributed by atoms with Crippen LogP contribution in [-0.4, -0.2) is 46.2 Å². The largest absolute Gasteiger partial charge is 0.480 e. The zero-order valence-electron chi connectivity index (χ0n) is 10.9. The monoisotopic (exact) mass is 243 g/mol. The third-order valence-corrected chi connectivity index (χ3v) is 3.43. The van der Waals surface area contributed by atoms with E-state index in [9.17, 15) is 14.7 Å². The summed E-state index contributed by atoms with van der Waals surface area (Å²) < 4.78 is 5.48. The van der Waals surface area contributed by atoms with Crippen molar-refractivity contribution in [1.82, 2.24) is 4.90 Å². The summed E-state index contributed by atoms with van der Waals surface area (Å²) in [6.07, 6.45) is 1.49. The van der Waals surface area contributed by atoms with E-state index in [0.717, 1.165) is 6.42 Å². The molecule has 5 heteroatoms. The molecule has 1 heterocycles. The van der Waals surface area contributed by atoms with Crippen LogP contribution in [0.5, 0.6) is 0 Å². The molecule has 0 aliphatic carbocycles. The first kappa shape index (κ1) is 14.0. The summed E-state index contributed by atoms with van der Waals surface area (Å²) in [4.78, 5) is 25.0. The van der Waals surface area contributed by atoms with E-state index in [2.05, 4.69) is 0 Å². The number of carboxylic acids is 1. The lowest BCUT2D eigenvalue weighted by atomic mass is 9.95. The Balaban J connectivity index is 2.95. The van der Waals surface area contributed by atoms with Crippen molar-refractivity contribution in [2.75, 3.05) is 13.2 Å². The Hall–Kier alpha value is -1.10. The van der Waals surface area contributed by atoms with Crippen molar-refractivity contribution in [3.63, 3.8) is 0 Å². The Morgan fingerprint density at radius 2 is 2.06 bits per heavy atom. The van der Waals surface area contributed by atoms with Crippen LogP contribution in [0.3, 0.4) is 0 Å². The van der Waals surface area contributed by atoms with Crippen LogP contribution in [-0.2, 0) is 14.3 Å². The average Bonchev–Trinajstić information content (AvgIpc) is 2.66. The zero-order chi connectivity index (χ0) is 13.3. The molecule has 5 nitrogen and oxygen atoms in total. The number of rotatable bonds is 4. The Morgan fingerprint density at radius 3 is 2.41 bits per heavy atom. The fraction of sp³-hybridized carbons (Fsp3) is 0.833. The molecule has 0 bridgehead atoms. The molecular weight excluding hydrogens is 222 g/mol. The van der Waals surface area contributed by atoms with Crippen molar-refractivity contribution >= 4 is 11.9 Å². The van der Waals surface area contributed by atoms with Crippen molar-refractivity contribution in [2.24, 2.45) is 0 Å². The van der Waals surface area contributed by atoms with Gasteiger partial charge in [-0.25, -0.2) is 4.79 Å². The maximum atomic E-state index is 12.4. The van der Waals surface area contributed by atoms with Crippen molar-refractivity contribution in [2.45, 2.75) is 51.7 Å². The van der Waals surface area contributed by atoms with E-state index in [4.69, 9.17) is 4.74 Å². The molecule has 0 saturated carbocycles. The normalized spacial score (nSPS) is 24.7. The van der Waals surface area contributed by atoms with Crippen LogP contribution in [0.25, 0.3) is 0 Å². The average molecular weight is 243 g/mol. The van der Waals surface area contributed by atoms with Gasteiger partial charge in [0, 0.05) is 13.2 Å². The minimum absolute atomic E-state index is 0.232. The zero-order valence-corrected chi connectivity index (χ0v) is 10.9. The maximum absolute atomic E-state index is 12.4. The molecule has 1 aliphatic heterocycles. The molecule has 0 aromatic heterocycles. The highest BCUT2D eigenvalue weighted by Gasteiger charge is 2.46. The second kappa shape index (κ2) is 4.64. The molecule has 1 aliphatic rings. The topological polar surface area (TPSA) is 66.8 Å². The summed E-state index contributed by atoms with van der Waals surface area (Å²) in [7, 11) is 0. The van der Waals surface area contributed by atoms with Crippen LogP contribution < -0.4 is 0 Å². The minimum Gasteiger partial charge on any atom is -0.480 e. The summed E-state index contributed by atoms with van der Waals surface area (Å²) in [5, 5.41) is 9.18. The Labute approximate surface area is 102 Å². The molecule has 0 radical (unpaired) electrons. The number of hydrogen-bond acceptors (Lipinski definition) is 3. The Bertz CT molecular complexity index is 318. The quantitative estimate of drug-likeness (QED) is 0.807. The predicted molar refractivity (Wildman–Crippen MR) is 62.7 cm³/mol. The summed E-state index contributed by atoms with van der Waals surface area (Å²) in [6.45, 7) is 7.51. The molecule has 98 valence electrons. The maximum Gasteiger partial charge on any atom is 0.329 e. The molecule has 1 fully saturated rings. The minimum atomic E-state index is -1.21. The van der Waals surface area contributed by atoms with Gasteiger partial charge in [-0.05, 0) is 40.5 Å². The molecule has 1 atom stereocenters. The molecule has 1 unspecified atom stereocenters. The Kier molecular flexibility index (Phi) is 3.81. The molecule has 0 aromatic carbocycles. The number of hydrogen-bond donors (Lipinski definition) is 1. The molecule has 1 rings (SSSR count). The third kappa shape index (κ3) is 2.44. The first-order chi connectivity index (χ1) is 7.75. The Morgan fingerprint density at radius 1 is 1.47 bits per heavy atom. The van der Waals surface area contributed by atoms with Crippen molar-refractivity contribution in [1.29, 1.82) is 0 Å². The van der Waals surface area contributed by atoms with Crippen molar-refractivity contribution in [3.8, 4) is 0 Å². The van der Waals surface area contributed by atoms with Crippen molar-refractivity contribution < 1.29 is 19.4 Å². The van der Waals surface area contributed by atoms with E-state index in [1.165, 1.54) is 18.7 Å². The van der Waals surface area contributed by atoms with Gasteiger partial charge in [-0.2, -0.15) is 0 Å². The van der Waals surface area contributed by atoms with Gasteiger partial charge in [0.1, 0.15) is 11.1 Å². The number of ether oxygens (including phenoxy) is 1. The lowest BCUT2D eigenvalue weighted by Gasteiger charge is -2.38. The van der Waals surface area contributed by atoms with E-state index in [1.807, 2.05) is 0 Å². The first-order valence-electron chi connectivity index (χ1n) is 5.95. The van der Waals surface area contributed by atoms with E-state index in [1.54, 1.807) is 13.8 Å². The summed E-state index contributed by atoms with van der Waals surface area (Å²) in [6, 6.07) is 0. The van der Waals surface area contributed by atoms with Gasteiger partial charge in [0.2, 0.25) is 0 Å². The van der Waals surface area contributed by atoms with Crippen LogP contribution in [0.15, 0.2) is 0 Å². The van der Waals surface area contributed by atoms with Gasteiger partial charge in [0.05, 0.1) is 0 Å². The first-order valence-corrected chi connectivity index (χ1v) is 5.95. The lowest BCUT2D eigenvalue weighted by molar-refractivity contribution is -0.166. The molecule has 0 aromatic rings. The van der Waals surface area contributed by atoms with E-state index in [0.29, 0.717) is 19.6 Å². The molecule has 17 heavy (non-hydrogen) atoms. The molecule has 1 amide bonds. The van der Waals surface area contributed by atoms with Crippen LogP contribution in [0.1, 0.15) is 40.5 Å². The van der Waals surface area contributed by atoms with Crippen LogP contribution in [0.2, 0.25) is 0 Å². The molecule has 1 N–H and O–H groups in total. The SMILES string of the molecule is CCN(C(=O)C1(C)CCCO1)C(C)(C)C(=O)O. The summed E-state index contributed by atoms with van der Waals surface area (Å²) >= 11 is 0.